The van der Waals surface area contributed by atoms with Crippen molar-refractivity contribution in [2.75, 3.05) is 12.4 Å². The van der Waals surface area contributed by atoms with Gasteiger partial charge >= 0.3 is 0 Å². The van der Waals surface area contributed by atoms with Crippen molar-refractivity contribution in [2.45, 2.75) is 11.4 Å². The Morgan fingerprint density at radius 3 is 2.43 bits per heavy atom. The zero-order valence-electron chi connectivity index (χ0n) is 11.3. The Hall–Kier alpha value is -1.76. The number of anilines is 1. The third kappa shape index (κ3) is 3.87. The minimum Gasteiger partial charge on any atom is -0.508 e. The molecule has 0 radical (unpaired) electrons. The summed E-state index contributed by atoms with van der Waals surface area (Å²) in [6.45, 7) is 0.379. The van der Waals surface area contributed by atoms with Crippen molar-refractivity contribution in [2.24, 2.45) is 0 Å². The second-order valence-electron chi connectivity index (χ2n) is 4.36. The predicted molar refractivity (Wildman–Crippen MR) is 83.1 cm³/mol. The predicted octanol–water partition coefficient (Wildman–Crippen LogP) is 2.57. The molecule has 2 rings (SSSR count). The van der Waals surface area contributed by atoms with Crippen LogP contribution in [-0.4, -0.2) is 20.6 Å². The maximum Gasteiger partial charge on any atom is 0.240 e. The molecule has 0 heterocycles. The molecule has 2 aromatic rings. The molecule has 7 heteroatoms. The molecule has 0 bridgehead atoms. The average molecular weight is 327 g/mol. The Balaban J connectivity index is 2.09. The van der Waals surface area contributed by atoms with Crippen molar-refractivity contribution in [3.05, 3.63) is 53.1 Å². The molecular formula is C14H15ClN2O3S. The largest absolute Gasteiger partial charge is 0.508 e. The fourth-order valence-corrected chi connectivity index (χ4v) is 2.69. The number of rotatable bonds is 5. The van der Waals surface area contributed by atoms with Gasteiger partial charge in [-0.3, -0.25) is 0 Å². The van der Waals surface area contributed by atoms with Gasteiger partial charge in [-0.05, 0) is 49.5 Å². The van der Waals surface area contributed by atoms with Crippen molar-refractivity contribution in [3.8, 4) is 5.75 Å². The first-order valence-electron chi connectivity index (χ1n) is 6.17. The first-order valence-corrected chi connectivity index (χ1v) is 8.03. The summed E-state index contributed by atoms with van der Waals surface area (Å²) in [5, 5.41) is 13.3. The number of hydrogen-bond acceptors (Lipinski definition) is 4. The normalized spacial score (nSPS) is 11.3. The van der Waals surface area contributed by atoms with Crippen LogP contribution in [0.2, 0.25) is 5.02 Å². The van der Waals surface area contributed by atoms with Gasteiger partial charge in [-0.15, -0.1) is 0 Å². The molecule has 0 aromatic heterocycles. The summed E-state index contributed by atoms with van der Waals surface area (Å²) in [5.41, 5.74) is 1.40. The van der Waals surface area contributed by atoms with Gasteiger partial charge in [-0.2, -0.15) is 0 Å². The molecule has 21 heavy (non-hydrogen) atoms. The molecule has 0 fully saturated rings. The van der Waals surface area contributed by atoms with Crippen LogP contribution in [-0.2, 0) is 16.6 Å². The Bertz CT molecular complexity index is 730. The summed E-state index contributed by atoms with van der Waals surface area (Å²) < 4.78 is 25.4. The van der Waals surface area contributed by atoms with Gasteiger partial charge in [0.2, 0.25) is 10.0 Å². The highest BCUT2D eigenvalue weighted by Gasteiger charge is 2.10. The molecule has 0 amide bonds. The van der Waals surface area contributed by atoms with Crippen LogP contribution in [0.25, 0.3) is 0 Å². The first-order chi connectivity index (χ1) is 9.92. The number of hydrogen-bond donors (Lipinski definition) is 3. The molecule has 0 aliphatic rings. The van der Waals surface area contributed by atoms with Gasteiger partial charge in [0, 0.05) is 22.8 Å². The van der Waals surface area contributed by atoms with Crippen LogP contribution in [0.15, 0.2) is 47.4 Å². The zero-order chi connectivity index (χ0) is 15.5. The highest BCUT2D eigenvalue weighted by Crippen LogP contribution is 2.23. The number of halogens is 1. The van der Waals surface area contributed by atoms with Crippen molar-refractivity contribution in [1.29, 1.82) is 0 Å². The van der Waals surface area contributed by atoms with Crippen LogP contribution in [0.1, 0.15) is 5.56 Å². The highest BCUT2D eigenvalue weighted by atomic mass is 35.5. The minimum atomic E-state index is -3.43. The molecule has 0 aliphatic carbocycles. The maximum absolute atomic E-state index is 11.6. The molecule has 0 spiro atoms. The molecule has 2 aromatic carbocycles. The van der Waals surface area contributed by atoms with Gasteiger partial charge in [0.15, 0.2) is 0 Å². The Labute approximate surface area is 128 Å². The smallest absolute Gasteiger partial charge is 0.240 e. The lowest BCUT2D eigenvalue weighted by molar-refractivity contribution is 0.469. The van der Waals surface area contributed by atoms with Crippen LogP contribution in [0.3, 0.4) is 0 Å². The van der Waals surface area contributed by atoms with E-state index in [-0.39, 0.29) is 10.6 Å². The second kappa shape index (κ2) is 6.34. The van der Waals surface area contributed by atoms with Crippen LogP contribution < -0.4 is 10.0 Å². The standard InChI is InChI=1S/C14H15ClN2O3S/c1-16-21(19,20)13-5-3-12(4-6-13)17-9-10-8-11(15)2-7-14(10)18/h2-8,16-18H,9H2,1H3. The number of sulfonamides is 1. The molecule has 0 atom stereocenters. The van der Waals surface area contributed by atoms with E-state index in [1.165, 1.54) is 25.2 Å². The van der Waals surface area contributed by atoms with Gasteiger partial charge in [-0.25, -0.2) is 13.1 Å². The van der Waals surface area contributed by atoms with Crippen LogP contribution in [0.5, 0.6) is 5.75 Å². The lowest BCUT2D eigenvalue weighted by Gasteiger charge is -2.09. The van der Waals surface area contributed by atoms with Crippen LogP contribution in [0, 0.1) is 0 Å². The fourth-order valence-electron chi connectivity index (χ4n) is 1.76. The topological polar surface area (TPSA) is 78.4 Å². The fraction of sp³-hybridized carbons (Fsp3) is 0.143. The van der Waals surface area contributed by atoms with E-state index in [2.05, 4.69) is 10.0 Å². The van der Waals surface area contributed by atoms with E-state index in [1.54, 1.807) is 24.3 Å². The number of nitrogens with one attached hydrogen (secondary N) is 2. The lowest BCUT2D eigenvalue weighted by atomic mass is 10.2. The van der Waals surface area contributed by atoms with Crippen molar-refractivity contribution >= 4 is 27.3 Å². The summed E-state index contributed by atoms with van der Waals surface area (Å²) in [5.74, 6) is 0.154. The molecule has 112 valence electrons. The monoisotopic (exact) mass is 326 g/mol. The van der Waals surface area contributed by atoms with E-state index in [9.17, 15) is 13.5 Å². The molecule has 0 unspecified atom stereocenters. The molecule has 0 aliphatic heterocycles. The third-order valence-electron chi connectivity index (χ3n) is 2.96. The summed E-state index contributed by atoms with van der Waals surface area (Å²) in [6.07, 6.45) is 0. The summed E-state index contributed by atoms with van der Waals surface area (Å²) in [6, 6.07) is 11.1. The molecular weight excluding hydrogens is 312 g/mol. The SMILES string of the molecule is CNS(=O)(=O)c1ccc(NCc2cc(Cl)ccc2O)cc1. The minimum absolute atomic E-state index is 0.154. The Morgan fingerprint density at radius 2 is 1.81 bits per heavy atom. The number of phenols is 1. The van der Waals surface area contributed by atoms with E-state index in [1.807, 2.05) is 0 Å². The molecule has 0 saturated carbocycles. The number of aromatic hydroxyl groups is 1. The molecule has 5 nitrogen and oxygen atoms in total. The van der Waals surface area contributed by atoms with Gasteiger partial charge in [0.25, 0.3) is 0 Å². The Kier molecular flexibility index (Phi) is 4.72. The number of phenolic OH excluding ortho intramolecular Hbond substituents is 1. The van der Waals surface area contributed by atoms with Gasteiger partial charge in [0.1, 0.15) is 5.75 Å². The molecule has 0 saturated heterocycles. The second-order valence-corrected chi connectivity index (χ2v) is 6.68. The summed E-state index contributed by atoms with van der Waals surface area (Å²) >= 11 is 5.87. The Morgan fingerprint density at radius 1 is 1.14 bits per heavy atom. The van der Waals surface area contributed by atoms with Crippen molar-refractivity contribution < 1.29 is 13.5 Å². The van der Waals surface area contributed by atoms with Gasteiger partial charge < -0.3 is 10.4 Å². The third-order valence-corrected chi connectivity index (χ3v) is 4.62. The lowest BCUT2D eigenvalue weighted by Crippen LogP contribution is -2.18. The van der Waals surface area contributed by atoms with E-state index >= 15 is 0 Å². The van der Waals surface area contributed by atoms with Gasteiger partial charge in [0.05, 0.1) is 4.90 Å². The van der Waals surface area contributed by atoms with Crippen molar-refractivity contribution in [3.63, 3.8) is 0 Å². The zero-order valence-corrected chi connectivity index (χ0v) is 12.9. The van der Waals surface area contributed by atoms with E-state index in [4.69, 9.17) is 11.6 Å². The number of benzene rings is 2. The van der Waals surface area contributed by atoms with E-state index < -0.39 is 10.0 Å². The first kappa shape index (κ1) is 15.6. The summed E-state index contributed by atoms with van der Waals surface area (Å²) in [4.78, 5) is 0.196. The van der Waals surface area contributed by atoms with Gasteiger partial charge in [-0.1, -0.05) is 11.6 Å². The molecule has 3 N–H and O–H groups in total. The van der Waals surface area contributed by atoms with E-state index in [0.717, 1.165) is 5.69 Å². The maximum atomic E-state index is 11.6. The van der Waals surface area contributed by atoms with Crippen LogP contribution >= 0.6 is 11.6 Å². The average Bonchev–Trinajstić information content (AvgIpc) is 2.48. The van der Waals surface area contributed by atoms with Crippen molar-refractivity contribution in [1.82, 2.24) is 4.72 Å². The quantitative estimate of drug-likeness (QED) is 0.789. The van der Waals surface area contributed by atoms with E-state index in [0.29, 0.717) is 17.1 Å². The summed E-state index contributed by atoms with van der Waals surface area (Å²) in [7, 11) is -2.07. The highest BCUT2D eigenvalue weighted by molar-refractivity contribution is 7.89. The van der Waals surface area contributed by atoms with Crippen LogP contribution in [0.4, 0.5) is 5.69 Å².